The van der Waals surface area contributed by atoms with Gasteiger partial charge in [-0.05, 0) is 19.9 Å². The molecule has 0 aromatic carbocycles. The second-order valence-electron chi connectivity index (χ2n) is 3.57. The first kappa shape index (κ1) is 11.5. The smallest absolute Gasteiger partial charge is 0.253 e. The first-order chi connectivity index (χ1) is 6.93. The second kappa shape index (κ2) is 4.31. The first-order valence-corrected chi connectivity index (χ1v) is 4.73. The number of nitrogens with one attached hydrogen (secondary N) is 1. The highest BCUT2D eigenvalue weighted by molar-refractivity contribution is 7.80. The minimum Gasteiger partial charge on any atom is -0.391 e. The van der Waals surface area contributed by atoms with Gasteiger partial charge < -0.3 is 11.1 Å². The molecule has 5 nitrogen and oxygen atoms in total. The number of aromatic nitrogens is 2. The quantitative estimate of drug-likeness (QED) is 0.720. The number of carbonyl (C=O) groups is 1. The molecule has 0 aliphatic heterocycles. The number of thiocarbonyl (C=S) groups is 1. The highest BCUT2D eigenvalue weighted by Crippen LogP contribution is 2.04. The minimum atomic E-state index is -0.713. The zero-order chi connectivity index (χ0) is 11.5. The first-order valence-electron chi connectivity index (χ1n) is 4.32. The molecule has 15 heavy (non-hydrogen) atoms. The molecule has 80 valence electrons. The van der Waals surface area contributed by atoms with Gasteiger partial charge in [0.05, 0.1) is 28.5 Å². The summed E-state index contributed by atoms with van der Waals surface area (Å²) in [7, 11) is 0. The molecule has 0 saturated carbocycles. The molecule has 1 rings (SSSR count). The molecule has 0 spiro atoms. The molecule has 0 bridgehead atoms. The van der Waals surface area contributed by atoms with Crippen molar-refractivity contribution in [2.45, 2.75) is 19.4 Å². The van der Waals surface area contributed by atoms with E-state index in [1.54, 1.807) is 19.9 Å². The number of rotatable bonds is 3. The maximum Gasteiger partial charge on any atom is 0.253 e. The van der Waals surface area contributed by atoms with Crippen molar-refractivity contribution in [3.8, 4) is 0 Å². The molecular weight excluding hydrogens is 212 g/mol. The molecule has 0 atom stereocenters. The van der Waals surface area contributed by atoms with E-state index >= 15 is 0 Å². The Hall–Kier alpha value is -1.56. The van der Waals surface area contributed by atoms with Crippen molar-refractivity contribution in [1.82, 2.24) is 15.5 Å². The van der Waals surface area contributed by atoms with E-state index in [0.29, 0.717) is 5.56 Å². The van der Waals surface area contributed by atoms with E-state index in [1.807, 2.05) is 0 Å². The molecule has 3 N–H and O–H groups in total. The highest BCUT2D eigenvalue weighted by Gasteiger charge is 2.24. The Morgan fingerprint density at radius 1 is 1.53 bits per heavy atom. The lowest BCUT2D eigenvalue weighted by atomic mass is 10.1. The van der Waals surface area contributed by atoms with Crippen LogP contribution in [0.5, 0.6) is 0 Å². The lowest BCUT2D eigenvalue weighted by Gasteiger charge is -2.24. The zero-order valence-electron chi connectivity index (χ0n) is 8.52. The Labute approximate surface area is 93.1 Å². The third-order valence-electron chi connectivity index (χ3n) is 1.89. The number of nitrogens with zero attached hydrogens (tertiary/aromatic N) is 2. The maximum atomic E-state index is 11.7. The van der Waals surface area contributed by atoms with Gasteiger partial charge >= 0.3 is 0 Å². The van der Waals surface area contributed by atoms with Crippen LogP contribution in [0.1, 0.15) is 24.2 Å². The topological polar surface area (TPSA) is 80.9 Å². The van der Waals surface area contributed by atoms with Gasteiger partial charge in [0.1, 0.15) is 0 Å². The van der Waals surface area contributed by atoms with E-state index in [4.69, 9.17) is 18.0 Å². The van der Waals surface area contributed by atoms with Crippen molar-refractivity contribution in [2.75, 3.05) is 0 Å². The van der Waals surface area contributed by atoms with Crippen molar-refractivity contribution in [1.29, 1.82) is 0 Å². The average Bonchev–Trinajstić information content (AvgIpc) is 2.18. The van der Waals surface area contributed by atoms with Gasteiger partial charge in [0.2, 0.25) is 0 Å². The predicted octanol–water partition coefficient (Wildman–Crippen LogP) is 0.271. The predicted molar refractivity (Wildman–Crippen MR) is 60.4 cm³/mol. The number of amides is 1. The Bertz CT molecular complexity index is 377. The summed E-state index contributed by atoms with van der Waals surface area (Å²) in [6.07, 6.45) is 2.83. The fourth-order valence-corrected chi connectivity index (χ4v) is 0.894. The van der Waals surface area contributed by atoms with Crippen LogP contribution in [0.4, 0.5) is 0 Å². The maximum absolute atomic E-state index is 11.7. The molecule has 6 heteroatoms. The number of nitrogens with two attached hydrogens (primary N) is 1. The van der Waals surface area contributed by atoms with Gasteiger partial charge in [0.15, 0.2) is 0 Å². The standard InChI is InChI=1S/C9H12N4OS/c1-9(2,8(10)15)13-7(14)6-3-4-11-12-5-6/h3-5H,1-2H3,(H2,10,15)(H,13,14). The Morgan fingerprint density at radius 3 is 2.67 bits per heavy atom. The third kappa shape index (κ3) is 2.95. The summed E-state index contributed by atoms with van der Waals surface area (Å²) in [5.41, 5.74) is 5.20. The van der Waals surface area contributed by atoms with Gasteiger partial charge in [-0.25, -0.2) is 0 Å². The normalized spacial score (nSPS) is 10.8. The Balaban J connectivity index is 2.77. The SMILES string of the molecule is CC(C)(NC(=O)c1ccnnc1)C(N)=S. The van der Waals surface area contributed by atoms with Gasteiger partial charge in [-0.2, -0.15) is 10.2 Å². The zero-order valence-corrected chi connectivity index (χ0v) is 9.34. The van der Waals surface area contributed by atoms with Crippen LogP contribution in [0, 0.1) is 0 Å². The monoisotopic (exact) mass is 224 g/mol. The lowest BCUT2D eigenvalue weighted by Crippen LogP contribution is -2.52. The summed E-state index contributed by atoms with van der Waals surface area (Å²) in [4.78, 5) is 11.9. The summed E-state index contributed by atoms with van der Waals surface area (Å²) in [6, 6.07) is 1.57. The minimum absolute atomic E-state index is 0.234. The molecular formula is C9H12N4OS. The van der Waals surface area contributed by atoms with Crippen molar-refractivity contribution in [3.05, 3.63) is 24.0 Å². The molecule has 0 fully saturated rings. The molecule has 0 aliphatic carbocycles. The summed E-state index contributed by atoms with van der Waals surface area (Å²) < 4.78 is 0. The van der Waals surface area contributed by atoms with Gasteiger partial charge in [-0.15, -0.1) is 0 Å². The largest absolute Gasteiger partial charge is 0.391 e. The summed E-state index contributed by atoms with van der Waals surface area (Å²) >= 11 is 4.84. The highest BCUT2D eigenvalue weighted by atomic mass is 32.1. The average molecular weight is 224 g/mol. The van der Waals surface area contributed by atoms with Gasteiger partial charge in [0.25, 0.3) is 5.91 Å². The van der Waals surface area contributed by atoms with E-state index in [0.717, 1.165) is 0 Å². The molecule has 0 unspecified atom stereocenters. The van der Waals surface area contributed by atoms with Crippen LogP contribution in [0.2, 0.25) is 0 Å². The summed E-state index contributed by atoms with van der Waals surface area (Å²) in [6.45, 7) is 3.48. The van der Waals surface area contributed by atoms with Crippen molar-refractivity contribution in [3.63, 3.8) is 0 Å². The van der Waals surface area contributed by atoms with Crippen LogP contribution < -0.4 is 11.1 Å². The van der Waals surface area contributed by atoms with Gasteiger partial charge in [0, 0.05) is 0 Å². The van der Waals surface area contributed by atoms with Crippen LogP contribution in [0.25, 0.3) is 0 Å². The fourth-order valence-electron chi connectivity index (χ4n) is 0.843. The molecule has 1 aromatic rings. The van der Waals surface area contributed by atoms with E-state index < -0.39 is 5.54 Å². The molecule has 0 saturated heterocycles. The van der Waals surface area contributed by atoms with Crippen molar-refractivity contribution < 1.29 is 4.79 Å². The van der Waals surface area contributed by atoms with Crippen LogP contribution >= 0.6 is 12.2 Å². The van der Waals surface area contributed by atoms with Gasteiger partial charge in [-0.3, -0.25) is 4.79 Å². The van der Waals surface area contributed by atoms with E-state index in [1.165, 1.54) is 12.4 Å². The third-order valence-corrected chi connectivity index (χ3v) is 2.40. The van der Waals surface area contributed by atoms with Crippen LogP contribution in [0.3, 0.4) is 0 Å². The number of hydrogen-bond donors (Lipinski definition) is 2. The fraction of sp³-hybridized carbons (Fsp3) is 0.333. The van der Waals surface area contributed by atoms with E-state index in [-0.39, 0.29) is 10.9 Å². The second-order valence-corrected chi connectivity index (χ2v) is 4.01. The molecule has 1 aromatic heterocycles. The number of hydrogen-bond acceptors (Lipinski definition) is 4. The van der Waals surface area contributed by atoms with Crippen LogP contribution in [-0.2, 0) is 0 Å². The Kier molecular flexibility index (Phi) is 3.31. The van der Waals surface area contributed by atoms with Crippen LogP contribution in [-0.4, -0.2) is 26.6 Å². The van der Waals surface area contributed by atoms with Crippen molar-refractivity contribution >= 4 is 23.1 Å². The van der Waals surface area contributed by atoms with Gasteiger partial charge in [-0.1, -0.05) is 12.2 Å². The molecule has 1 amide bonds. The molecule has 0 radical (unpaired) electrons. The van der Waals surface area contributed by atoms with Crippen LogP contribution in [0.15, 0.2) is 18.5 Å². The summed E-state index contributed by atoms with van der Waals surface area (Å²) in [5, 5.41) is 9.88. The van der Waals surface area contributed by atoms with E-state index in [2.05, 4.69) is 15.5 Å². The molecule has 0 aliphatic rings. The molecule has 1 heterocycles. The van der Waals surface area contributed by atoms with E-state index in [9.17, 15) is 4.79 Å². The number of carbonyl (C=O) groups excluding carboxylic acids is 1. The Morgan fingerprint density at radius 2 is 2.20 bits per heavy atom. The lowest BCUT2D eigenvalue weighted by molar-refractivity contribution is 0.0931. The van der Waals surface area contributed by atoms with Crippen molar-refractivity contribution in [2.24, 2.45) is 5.73 Å². The summed E-state index contributed by atoms with van der Waals surface area (Å²) in [5.74, 6) is -0.275.